The van der Waals surface area contributed by atoms with Gasteiger partial charge in [-0.2, -0.15) is 0 Å². The van der Waals surface area contributed by atoms with Crippen molar-refractivity contribution in [3.8, 4) is 0 Å². The highest BCUT2D eigenvalue weighted by atomic mass is 14.8. The highest BCUT2D eigenvalue weighted by Gasteiger charge is 2.15. The van der Waals surface area contributed by atoms with Crippen LogP contribution >= 0.6 is 0 Å². The zero-order chi connectivity index (χ0) is 13.7. The standard InChI is InChI=1S/C18H23N/c1-14-8-4-6-10-17(14)15(2)18-11-7-5-9-16(18)12-13-19-3/h4,6,8,10,12-13,19H,2,5,7,9,11H2,1,3H3/b13-12-. The lowest BCUT2D eigenvalue weighted by molar-refractivity contribution is 0.695. The molecule has 0 saturated heterocycles. The second-order valence-corrected chi connectivity index (χ2v) is 5.13. The van der Waals surface area contributed by atoms with Crippen LogP contribution in [0.2, 0.25) is 0 Å². The summed E-state index contributed by atoms with van der Waals surface area (Å²) in [6.07, 6.45) is 9.10. The summed E-state index contributed by atoms with van der Waals surface area (Å²) < 4.78 is 0. The molecule has 0 saturated carbocycles. The predicted molar refractivity (Wildman–Crippen MR) is 83.9 cm³/mol. The van der Waals surface area contributed by atoms with Gasteiger partial charge in [-0.3, -0.25) is 0 Å². The number of hydrogen-bond acceptors (Lipinski definition) is 1. The fraction of sp³-hybridized carbons (Fsp3) is 0.333. The van der Waals surface area contributed by atoms with Crippen LogP contribution in [0, 0.1) is 6.92 Å². The number of rotatable bonds is 4. The smallest absolute Gasteiger partial charge is 0.00277 e. The maximum Gasteiger partial charge on any atom is 0.00277 e. The van der Waals surface area contributed by atoms with Gasteiger partial charge in [-0.15, -0.1) is 0 Å². The molecule has 0 radical (unpaired) electrons. The van der Waals surface area contributed by atoms with Gasteiger partial charge in [0.25, 0.3) is 0 Å². The SMILES string of the molecule is C=C(C1=C(/C=C\NC)CCCC1)c1ccccc1C. The van der Waals surface area contributed by atoms with Crippen molar-refractivity contribution in [2.24, 2.45) is 0 Å². The number of allylic oxidation sites excluding steroid dienone is 4. The van der Waals surface area contributed by atoms with E-state index in [2.05, 4.69) is 49.2 Å². The van der Waals surface area contributed by atoms with E-state index in [1.807, 2.05) is 13.2 Å². The summed E-state index contributed by atoms with van der Waals surface area (Å²) in [6.45, 7) is 6.52. The van der Waals surface area contributed by atoms with Crippen LogP contribution in [0.3, 0.4) is 0 Å². The molecule has 0 fully saturated rings. The second-order valence-electron chi connectivity index (χ2n) is 5.13. The average molecular weight is 253 g/mol. The van der Waals surface area contributed by atoms with E-state index >= 15 is 0 Å². The molecular weight excluding hydrogens is 230 g/mol. The first-order valence-corrected chi connectivity index (χ1v) is 7.05. The summed E-state index contributed by atoms with van der Waals surface area (Å²) in [5.41, 5.74) is 6.67. The maximum absolute atomic E-state index is 4.36. The third kappa shape index (κ3) is 3.17. The van der Waals surface area contributed by atoms with Crippen LogP contribution in [-0.2, 0) is 0 Å². The molecule has 0 amide bonds. The molecule has 0 atom stereocenters. The fourth-order valence-electron chi connectivity index (χ4n) is 2.72. The van der Waals surface area contributed by atoms with Crippen LogP contribution in [0.25, 0.3) is 5.57 Å². The van der Waals surface area contributed by atoms with Crippen LogP contribution in [0.15, 0.2) is 54.3 Å². The highest BCUT2D eigenvalue weighted by Crippen LogP contribution is 2.35. The molecule has 1 aromatic carbocycles. The molecule has 1 aliphatic carbocycles. The zero-order valence-corrected chi connectivity index (χ0v) is 12.0. The van der Waals surface area contributed by atoms with Crippen LogP contribution in [0.1, 0.15) is 36.8 Å². The van der Waals surface area contributed by atoms with Gasteiger partial charge in [0.15, 0.2) is 0 Å². The summed E-state index contributed by atoms with van der Waals surface area (Å²) in [5, 5.41) is 3.08. The Balaban J connectivity index is 2.37. The van der Waals surface area contributed by atoms with Crippen molar-refractivity contribution in [1.29, 1.82) is 0 Å². The Kier molecular flexibility index (Phi) is 4.62. The first kappa shape index (κ1) is 13.7. The molecule has 1 aliphatic rings. The van der Waals surface area contributed by atoms with Crippen LogP contribution in [0.5, 0.6) is 0 Å². The molecule has 1 heteroatoms. The molecule has 1 aromatic rings. The van der Waals surface area contributed by atoms with Gasteiger partial charge in [-0.05, 0) is 72.7 Å². The molecule has 1 N–H and O–H groups in total. The molecule has 19 heavy (non-hydrogen) atoms. The average Bonchev–Trinajstić information content (AvgIpc) is 2.45. The Labute approximate surface area is 116 Å². The highest BCUT2D eigenvalue weighted by molar-refractivity contribution is 5.80. The van der Waals surface area contributed by atoms with Crippen molar-refractivity contribution in [3.05, 3.63) is 65.4 Å². The Morgan fingerprint density at radius 2 is 1.95 bits per heavy atom. The Morgan fingerprint density at radius 3 is 2.68 bits per heavy atom. The first-order chi connectivity index (χ1) is 9.24. The third-order valence-electron chi connectivity index (χ3n) is 3.80. The van der Waals surface area contributed by atoms with Crippen molar-refractivity contribution in [2.75, 3.05) is 7.05 Å². The Hall–Kier alpha value is -1.76. The predicted octanol–water partition coefficient (Wildman–Crippen LogP) is 4.61. The molecule has 0 heterocycles. The monoisotopic (exact) mass is 253 g/mol. The largest absolute Gasteiger partial charge is 0.394 e. The first-order valence-electron chi connectivity index (χ1n) is 7.05. The molecule has 0 aromatic heterocycles. The van der Waals surface area contributed by atoms with Gasteiger partial charge in [-0.25, -0.2) is 0 Å². The third-order valence-corrected chi connectivity index (χ3v) is 3.80. The van der Waals surface area contributed by atoms with Crippen molar-refractivity contribution in [2.45, 2.75) is 32.6 Å². The van der Waals surface area contributed by atoms with E-state index < -0.39 is 0 Å². The second kappa shape index (κ2) is 6.42. The van der Waals surface area contributed by atoms with Crippen LogP contribution in [-0.4, -0.2) is 7.05 Å². The molecule has 2 rings (SSSR count). The van der Waals surface area contributed by atoms with Gasteiger partial charge in [0.05, 0.1) is 0 Å². The van der Waals surface area contributed by atoms with E-state index in [4.69, 9.17) is 0 Å². The van der Waals surface area contributed by atoms with E-state index in [0.29, 0.717) is 0 Å². The topological polar surface area (TPSA) is 12.0 Å². The van der Waals surface area contributed by atoms with E-state index in [1.54, 1.807) is 0 Å². The minimum Gasteiger partial charge on any atom is -0.394 e. The van der Waals surface area contributed by atoms with E-state index in [1.165, 1.54) is 47.1 Å². The van der Waals surface area contributed by atoms with Gasteiger partial charge in [0, 0.05) is 7.05 Å². The minimum absolute atomic E-state index is 1.15. The lowest BCUT2D eigenvalue weighted by Crippen LogP contribution is -2.02. The summed E-state index contributed by atoms with van der Waals surface area (Å²) in [6, 6.07) is 8.52. The summed E-state index contributed by atoms with van der Waals surface area (Å²) in [4.78, 5) is 0. The van der Waals surface area contributed by atoms with Crippen molar-refractivity contribution in [3.63, 3.8) is 0 Å². The number of hydrogen-bond donors (Lipinski definition) is 1. The van der Waals surface area contributed by atoms with Crippen molar-refractivity contribution in [1.82, 2.24) is 5.32 Å². The lowest BCUT2D eigenvalue weighted by Gasteiger charge is -2.21. The Bertz CT molecular complexity index is 520. The van der Waals surface area contributed by atoms with Gasteiger partial charge < -0.3 is 5.32 Å². The van der Waals surface area contributed by atoms with E-state index in [0.717, 1.165) is 6.42 Å². The minimum atomic E-state index is 1.15. The Morgan fingerprint density at radius 1 is 1.21 bits per heavy atom. The van der Waals surface area contributed by atoms with Gasteiger partial charge in [0.1, 0.15) is 0 Å². The van der Waals surface area contributed by atoms with Crippen molar-refractivity contribution >= 4 is 5.57 Å². The number of benzene rings is 1. The summed E-state index contributed by atoms with van der Waals surface area (Å²) in [5.74, 6) is 0. The quantitative estimate of drug-likeness (QED) is 0.826. The molecule has 0 spiro atoms. The van der Waals surface area contributed by atoms with Gasteiger partial charge >= 0.3 is 0 Å². The maximum atomic E-state index is 4.36. The van der Waals surface area contributed by atoms with Crippen LogP contribution < -0.4 is 5.32 Å². The van der Waals surface area contributed by atoms with E-state index in [9.17, 15) is 0 Å². The number of nitrogens with one attached hydrogen (secondary N) is 1. The molecule has 1 nitrogen and oxygen atoms in total. The van der Waals surface area contributed by atoms with Crippen molar-refractivity contribution < 1.29 is 0 Å². The van der Waals surface area contributed by atoms with Gasteiger partial charge in [0.2, 0.25) is 0 Å². The molecule has 0 bridgehead atoms. The molecular formula is C18H23N. The molecule has 0 unspecified atom stereocenters. The normalized spacial score (nSPS) is 15.9. The zero-order valence-electron chi connectivity index (χ0n) is 12.0. The lowest BCUT2D eigenvalue weighted by atomic mass is 9.84. The summed E-state index contributed by atoms with van der Waals surface area (Å²) >= 11 is 0. The van der Waals surface area contributed by atoms with Gasteiger partial charge in [-0.1, -0.05) is 30.8 Å². The molecule has 100 valence electrons. The molecule has 0 aliphatic heterocycles. The van der Waals surface area contributed by atoms with Crippen LogP contribution in [0.4, 0.5) is 0 Å². The number of aryl methyl sites for hydroxylation is 1. The summed E-state index contributed by atoms with van der Waals surface area (Å²) in [7, 11) is 1.94. The van der Waals surface area contributed by atoms with E-state index in [-0.39, 0.29) is 0 Å². The fourth-order valence-corrected chi connectivity index (χ4v) is 2.72.